The van der Waals surface area contributed by atoms with Gasteiger partial charge in [0.25, 0.3) is 0 Å². The molecule has 2 heterocycles. The third-order valence-electron chi connectivity index (χ3n) is 7.11. The molecule has 0 atom stereocenters. The quantitative estimate of drug-likeness (QED) is 0.296. The number of quaternary nitrogens is 1. The molecule has 0 spiro atoms. The highest BCUT2D eigenvalue weighted by atomic mass is 127. The fourth-order valence-corrected chi connectivity index (χ4v) is 5.95. The van der Waals surface area contributed by atoms with Gasteiger partial charge in [-0.1, -0.05) is 60.7 Å². The summed E-state index contributed by atoms with van der Waals surface area (Å²) in [5.41, 5.74) is 5.58. The molecule has 1 fully saturated rings. The number of halogens is 1. The first-order valence-electron chi connectivity index (χ1n) is 12.0. The first-order valence-corrected chi connectivity index (χ1v) is 13.1. The standard InChI is InChI=1S/C28H33IN3O/c1-30-16-18-32(19-17-30,27-15-14-26(29)28-25(27)13-8-20-33-28)31(21-23-9-4-2-5-10-23)22-24-11-6-3-7-12-24/h2-7,9-12,14-15H,8,13,16-22H2,1H3/q+1. The average Bonchev–Trinajstić information content (AvgIpc) is 2.86. The van der Waals surface area contributed by atoms with Gasteiger partial charge in [0.05, 0.1) is 28.8 Å². The smallest absolute Gasteiger partial charge is 0.159 e. The Labute approximate surface area is 211 Å². The third kappa shape index (κ3) is 4.83. The van der Waals surface area contributed by atoms with Crippen LogP contribution in [-0.4, -0.2) is 49.7 Å². The molecule has 0 amide bonds. The summed E-state index contributed by atoms with van der Waals surface area (Å²) >= 11 is 2.44. The summed E-state index contributed by atoms with van der Waals surface area (Å²) in [6, 6.07) is 26.6. The van der Waals surface area contributed by atoms with Gasteiger partial charge in [0.15, 0.2) is 5.69 Å². The Morgan fingerprint density at radius 3 is 2.09 bits per heavy atom. The molecule has 4 nitrogen and oxygen atoms in total. The molecule has 0 aromatic heterocycles. The number of benzene rings is 3. The number of likely N-dealkylation sites (N-methyl/N-ethyl adjacent to an activating group) is 1. The Hall–Kier alpha value is -1.93. The Morgan fingerprint density at radius 2 is 1.48 bits per heavy atom. The second-order valence-corrected chi connectivity index (χ2v) is 10.5. The van der Waals surface area contributed by atoms with E-state index in [1.54, 1.807) is 0 Å². The van der Waals surface area contributed by atoms with Crippen molar-refractivity contribution in [3.8, 4) is 5.75 Å². The van der Waals surface area contributed by atoms with Gasteiger partial charge in [-0.25, -0.2) is 4.59 Å². The topological polar surface area (TPSA) is 15.7 Å². The fourth-order valence-electron chi connectivity index (χ4n) is 5.29. The Kier molecular flexibility index (Phi) is 7.02. The van der Waals surface area contributed by atoms with E-state index in [1.807, 2.05) is 0 Å². The lowest BCUT2D eigenvalue weighted by atomic mass is 10.0. The molecule has 3 aromatic rings. The summed E-state index contributed by atoms with van der Waals surface area (Å²) in [6.45, 7) is 6.98. The lowest BCUT2D eigenvalue weighted by molar-refractivity contribution is -0.0600. The summed E-state index contributed by atoms with van der Waals surface area (Å²) in [5, 5.41) is 2.70. The van der Waals surface area contributed by atoms with Crippen molar-refractivity contribution in [2.24, 2.45) is 0 Å². The van der Waals surface area contributed by atoms with Crippen molar-refractivity contribution in [1.82, 2.24) is 14.5 Å². The van der Waals surface area contributed by atoms with Crippen molar-refractivity contribution in [1.29, 1.82) is 0 Å². The van der Waals surface area contributed by atoms with Crippen LogP contribution in [-0.2, 0) is 19.5 Å². The van der Waals surface area contributed by atoms with Crippen molar-refractivity contribution in [3.05, 3.63) is 93.1 Å². The predicted octanol–water partition coefficient (Wildman–Crippen LogP) is 5.49. The van der Waals surface area contributed by atoms with E-state index in [-0.39, 0.29) is 0 Å². The van der Waals surface area contributed by atoms with Crippen LogP contribution in [0.15, 0.2) is 72.8 Å². The van der Waals surface area contributed by atoms with Gasteiger partial charge in [-0.3, -0.25) is 4.90 Å². The lowest BCUT2D eigenvalue weighted by Crippen LogP contribution is -2.68. The first kappa shape index (κ1) is 22.8. The van der Waals surface area contributed by atoms with Gasteiger partial charge in [0.2, 0.25) is 0 Å². The van der Waals surface area contributed by atoms with Gasteiger partial charge >= 0.3 is 0 Å². The zero-order valence-electron chi connectivity index (χ0n) is 19.4. The number of rotatable bonds is 6. The van der Waals surface area contributed by atoms with E-state index in [2.05, 4.69) is 112 Å². The monoisotopic (exact) mass is 554 g/mol. The van der Waals surface area contributed by atoms with Gasteiger partial charge < -0.3 is 4.74 Å². The van der Waals surface area contributed by atoms with Gasteiger partial charge in [-0.05, 0) is 59.7 Å². The van der Waals surface area contributed by atoms with Gasteiger partial charge in [-0.2, -0.15) is 0 Å². The number of fused-ring (bicyclic) bond motifs is 1. The van der Waals surface area contributed by atoms with E-state index in [9.17, 15) is 0 Å². The van der Waals surface area contributed by atoms with E-state index < -0.39 is 0 Å². The van der Waals surface area contributed by atoms with Crippen LogP contribution < -0.4 is 9.33 Å². The summed E-state index contributed by atoms with van der Waals surface area (Å²) < 4.78 is 8.34. The fraction of sp³-hybridized carbons (Fsp3) is 0.357. The zero-order valence-corrected chi connectivity index (χ0v) is 21.6. The number of hydrogen-bond donors (Lipinski definition) is 0. The van der Waals surface area contributed by atoms with Crippen molar-refractivity contribution in [2.75, 3.05) is 39.8 Å². The molecule has 0 unspecified atom stereocenters. The summed E-state index contributed by atoms with van der Waals surface area (Å²) in [7, 11) is 2.25. The maximum atomic E-state index is 6.22. The third-order valence-corrected chi connectivity index (χ3v) is 7.96. The number of nitrogens with zero attached hydrogens (tertiary/aromatic N) is 3. The Balaban J connectivity index is 1.63. The highest BCUT2D eigenvalue weighted by Gasteiger charge is 2.43. The molecule has 5 rings (SSSR count). The second kappa shape index (κ2) is 10.1. The molecule has 0 radical (unpaired) electrons. The molecule has 0 aliphatic carbocycles. The average molecular weight is 554 g/mol. The molecular formula is C28H33IN3O+. The molecule has 5 heteroatoms. The highest BCUT2D eigenvalue weighted by Crippen LogP contribution is 2.42. The van der Waals surface area contributed by atoms with Crippen molar-refractivity contribution in [3.63, 3.8) is 0 Å². The van der Waals surface area contributed by atoms with Crippen LogP contribution in [0.4, 0.5) is 5.69 Å². The normalized spacial score (nSPS) is 18.0. The van der Waals surface area contributed by atoms with Gasteiger partial charge in [0, 0.05) is 19.2 Å². The van der Waals surface area contributed by atoms with Crippen LogP contribution in [0.1, 0.15) is 23.1 Å². The number of piperazine rings is 1. The van der Waals surface area contributed by atoms with Crippen molar-refractivity contribution in [2.45, 2.75) is 25.9 Å². The predicted molar refractivity (Wildman–Crippen MR) is 144 cm³/mol. The van der Waals surface area contributed by atoms with Crippen LogP contribution in [0.3, 0.4) is 0 Å². The minimum Gasteiger partial charge on any atom is -0.492 e. The molecule has 3 aromatic carbocycles. The van der Waals surface area contributed by atoms with Crippen LogP contribution >= 0.6 is 22.6 Å². The SMILES string of the molecule is CN1CC[N+](c2ccc(I)c3c2CCCO3)(N(Cc2ccccc2)Cc2ccccc2)CC1. The molecule has 2 aliphatic heterocycles. The minimum absolute atomic E-state index is 0.826. The largest absolute Gasteiger partial charge is 0.492 e. The Morgan fingerprint density at radius 1 is 0.879 bits per heavy atom. The maximum absolute atomic E-state index is 6.22. The van der Waals surface area contributed by atoms with Crippen LogP contribution in [0.25, 0.3) is 0 Å². The summed E-state index contributed by atoms with van der Waals surface area (Å²) in [5.74, 6) is 1.12. The van der Waals surface area contributed by atoms with E-state index >= 15 is 0 Å². The molecule has 2 aliphatic rings. The molecule has 0 saturated carbocycles. The van der Waals surface area contributed by atoms with Crippen LogP contribution in [0.5, 0.6) is 5.75 Å². The number of hydrogen-bond acceptors (Lipinski definition) is 3. The second-order valence-electron chi connectivity index (χ2n) is 9.29. The summed E-state index contributed by atoms with van der Waals surface area (Å²) in [4.78, 5) is 2.47. The maximum Gasteiger partial charge on any atom is 0.159 e. The van der Waals surface area contributed by atoms with E-state index in [0.717, 1.165) is 69.1 Å². The van der Waals surface area contributed by atoms with Gasteiger partial charge in [0.1, 0.15) is 18.8 Å². The molecule has 33 heavy (non-hydrogen) atoms. The van der Waals surface area contributed by atoms with Crippen LogP contribution in [0, 0.1) is 3.57 Å². The minimum atomic E-state index is 0.826. The van der Waals surface area contributed by atoms with Crippen molar-refractivity contribution < 1.29 is 4.74 Å². The van der Waals surface area contributed by atoms with Crippen molar-refractivity contribution >= 4 is 28.3 Å². The summed E-state index contributed by atoms with van der Waals surface area (Å²) in [6.07, 6.45) is 2.19. The Bertz CT molecular complexity index is 1020. The molecule has 0 N–H and O–H groups in total. The zero-order chi connectivity index (χ0) is 22.7. The molecule has 0 bridgehead atoms. The van der Waals surface area contributed by atoms with Gasteiger partial charge in [-0.15, -0.1) is 5.01 Å². The van der Waals surface area contributed by atoms with Crippen LogP contribution in [0.2, 0.25) is 0 Å². The first-order chi connectivity index (χ1) is 16.2. The highest BCUT2D eigenvalue weighted by molar-refractivity contribution is 14.1. The number of ether oxygens (including phenoxy) is 1. The van der Waals surface area contributed by atoms with E-state index in [1.165, 1.54) is 25.9 Å². The molecule has 172 valence electrons. The lowest BCUT2D eigenvalue weighted by Gasteiger charge is -2.50. The van der Waals surface area contributed by atoms with E-state index in [4.69, 9.17) is 4.74 Å². The van der Waals surface area contributed by atoms with E-state index in [0.29, 0.717) is 0 Å². The molecule has 1 saturated heterocycles. The molecular weight excluding hydrogens is 521 g/mol.